The van der Waals surface area contributed by atoms with Crippen LogP contribution in [0.2, 0.25) is 5.02 Å². The van der Waals surface area contributed by atoms with Crippen LogP contribution in [0.15, 0.2) is 48.5 Å². The summed E-state index contributed by atoms with van der Waals surface area (Å²) in [6.45, 7) is 2.36. The molecule has 0 saturated carbocycles. The number of benzene rings is 2. The van der Waals surface area contributed by atoms with Crippen LogP contribution in [0.25, 0.3) is 0 Å². The Morgan fingerprint density at radius 1 is 1.14 bits per heavy atom. The van der Waals surface area contributed by atoms with Gasteiger partial charge in [-0.1, -0.05) is 35.9 Å². The van der Waals surface area contributed by atoms with E-state index in [1.165, 1.54) is 0 Å². The highest BCUT2D eigenvalue weighted by Gasteiger charge is 2.03. The van der Waals surface area contributed by atoms with E-state index in [9.17, 15) is 4.79 Å². The van der Waals surface area contributed by atoms with Crippen molar-refractivity contribution in [3.05, 3.63) is 64.7 Å². The molecule has 4 nitrogen and oxygen atoms in total. The van der Waals surface area contributed by atoms with Crippen molar-refractivity contribution in [2.45, 2.75) is 19.5 Å². The van der Waals surface area contributed by atoms with Crippen LogP contribution in [0.1, 0.15) is 24.1 Å². The molecule has 0 spiro atoms. The summed E-state index contributed by atoms with van der Waals surface area (Å²) in [4.78, 5) is 11.8. The Morgan fingerprint density at radius 3 is 2.33 bits per heavy atom. The number of nitrogens with one attached hydrogen (secondary N) is 2. The lowest BCUT2D eigenvalue weighted by molar-refractivity contribution is 0.251. The van der Waals surface area contributed by atoms with Crippen LogP contribution < -0.4 is 16.4 Å². The van der Waals surface area contributed by atoms with Gasteiger partial charge in [0.2, 0.25) is 0 Å². The first-order chi connectivity index (χ1) is 10.0. The second kappa shape index (κ2) is 7.11. The standard InChI is InChI=1S/C16H18ClN3O/c1-11(18)13-4-8-15(9-5-13)20-16(21)19-10-12-2-6-14(17)7-3-12/h2-9,11H,10,18H2,1H3,(H2,19,20,21)/t11-/m1/s1. The number of halogens is 1. The van der Waals surface area contributed by atoms with Crippen molar-refractivity contribution < 1.29 is 4.79 Å². The number of amides is 2. The molecule has 0 aromatic heterocycles. The molecule has 0 aliphatic rings. The maximum Gasteiger partial charge on any atom is 0.319 e. The van der Waals surface area contributed by atoms with Crippen molar-refractivity contribution in [1.29, 1.82) is 0 Å². The Balaban J connectivity index is 1.85. The van der Waals surface area contributed by atoms with E-state index in [0.717, 1.165) is 16.8 Å². The molecule has 21 heavy (non-hydrogen) atoms. The fourth-order valence-corrected chi connectivity index (χ4v) is 1.96. The minimum atomic E-state index is -0.251. The maximum atomic E-state index is 11.8. The number of carbonyl (C=O) groups is 1. The summed E-state index contributed by atoms with van der Waals surface area (Å²) in [5.41, 5.74) is 8.53. The van der Waals surface area contributed by atoms with Gasteiger partial charge in [-0.2, -0.15) is 0 Å². The van der Waals surface area contributed by atoms with Gasteiger partial charge in [-0.3, -0.25) is 0 Å². The van der Waals surface area contributed by atoms with Crippen LogP contribution in [0.4, 0.5) is 10.5 Å². The summed E-state index contributed by atoms with van der Waals surface area (Å²) in [7, 11) is 0. The lowest BCUT2D eigenvalue weighted by Gasteiger charge is -2.10. The molecule has 4 N–H and O–H groups in total. The number of hydrogen-bond acceptors (Lipinski definition) is 2. The van der Waals surface area contributed by atoms with E-state index in [1.54, 1.807) is 12.1 Å². The molecule has 2 aromatic rings. The molecule has 0 heterocycles. The van der Waals surface area contributed by atoms with Gasteiger partial charge in [0.25, 0.3) is 0 Å². The fourth-order valence-electron chi connectivity index (χ4n) is 1.83. The predicted octanol–water partition coefficient (Wildman–Crippen LogP) is 3.68. The number of carbonyl (C=O) groups excluding carboxylic acids is 1. The number of urea groups is 1. The SMILES string of the molecule is C[C@@H](N)c1ccc(NC(=O)NCc2ccc(Cl)cc2)cc1. The molecule has 0 saturated heterocycles. The van der Waals surface area contributed by atoms with Gasteiger partial charge in [0, 0.05) is 23.3 Å². The first-order valence-electron chi connectivity index (χ1n) is 6.69. The molecule has 2 amide bonds. The summed E-state index contributed by atoms with van der Waals surface area (Å²) < 4.78 is 0. The van der Waals surface area contributed by atoms with Crippen LogP contribution in [-0.2, 0) is 6.54 Å². The zero-order valence-electron chi connectivity index (χ0n) is 11.8. The molecule has 2 aromatic carbocycles. The van der Waals surface area contributed by atoms with Crippen LogP contribution in [-0.4, -0.2) is 6.03 Å². The molecule has 0 aliphatic heterocycles. The summed E-state index contributed by atoms with van der Waals surface area (Å²) in [6, 6.07) is 14.5. The van der Waals surface area contributed by atoms with Gasteiger partial charge in [0.1, 0.15) is 0 Å². The second-order valence-electron chi connectivity index (χ2n) is 4.84. The Bertz CT molecular complexity index is 594. The highest BCUT2D eigenvalue weighted by Crippen LogP contribution is 2.14. The van der Waals surface area contributed by atoms with Crippen LogP contribution in [0.3, 0.4) is 0 Å². The number of hydrogen-bond donors (Lipinski definition) is 3. The van der Waals surface area contributed by atoms with E-state index in [0.29, 0.717) is 11.6 Å². The zero-order valence-corrected chi connectivity index (χ0v) is 12.5. The quantitative estimate of drug-likeness (QED) is 0.806. The van der Waals surface area contributed by atoms with Crippen molar-refractivity contribution in [3.8, 4) is 0 Å². The summed E-state index contributed by atoms with van der Waals surface area (Å²) in [6.07, 6.45) is 0. The van der Waals surface area contributed by atoms with E-state index in [1.807, 2.05) is 43.3 Å². The van der Waals surface area contributed by atoms with Crippen molar-refractivity contribution >= 4 is 23.3 Å². The van der Waals surface area contributed by atoms with Gasteiger partial charge in [0.05, 0.1) is 0 Å². The molecule has 2 rings (SSSR count). The Labute approximate surface area is 129 Å². The van der Waals surface area contributed by atoms with Gasteiger partial charge < -0.3 is 16.4 Å². The maximum absolute atomic E-state index is 11.8. The molecule has 0 radical (unpaired) electrons. The second-order valence-corrected chi connectivity index (χ2v) is 5.28. The molecule has 1 atom stereocenters. The summed E-state index contributed by atoms with van der Waals surface area (Å²) in [5, 5.41) is 6.24. The van der Waals surface area contributed by atoms with E-state index in [4.69, 9.17) is 17.3 Å². The molecule has 5 heteroatoms. The third kappa shape index (κ3) is 4.77. The van der Waals surface area contributed by atoms with E-state index in [2.05, 4.69) is 10.6 Å². The van der Waals surface area contributed by atoms with Crippen LogP contribution in [0, 0.1) is 0 Å². The van der Waals surface area contributed by atoms with E-state index < -0.39 is 0 Å². The Hall–Kier alpha value is -2.04. The van der Waals surface area contributed by atoms with Crippen molar-refractivity contribution in [1.82, 2.24) is 5.32 Å². The lowest BCUT2D eigenvalue weighted by atomic mass is 10.1. The Morgan fingerprint density at radius 2 is 1.76 bits per heavy atom. The average Bonchev–Trinajstić information content (AvgIpc) is 2.47. The largest absolute Gasteiger partial charge is 0.334 e. The fraction of sp³-hybridized carbons (Fsp3) is 0.188. The zero-order chi connectivity index (χ0) is 15.2. The minimum Gasteiger partial charge on any atom is -0.334 e. The molecule has 0 unspecified atom stereocenters. The normalized spacial score (nSPS) is 11.8. The van der Waals surface area contributed by atoms with Gasteiger partial charge in [-0.05, 0) is 42.3 Å². The molecular formula is C16H18ClN3O. The van der Waals surface area contributed by atoms with Crippen LogP contribution in [0.5, 0.6) is 0 Å². The van der Waals surface area contributed by atoms with Crippen molar-refractivity contribution in [2.75, 3.05) is 5.32 Å². The molecule has 110 valence electrons. The first-order valence-corrected chi connectivity index (χ1v) is 7.07. The first kappa shape index (κ1) is 15.4. The topological polar surface area (TPSA) is 67.1 Å². The Kier molecular flexibility index (Phi) is 5.20. The average molecular weight is 304 g/mol. The van der Waals surface area contributed by atoms with E-state index >= 15 is 0 Å². The van der Waals surface area contributed by atoms with Gasteiger partial charge in [-0.25, -0.2) is 4.79 Å². The molecule has 0 fully saturated rings. The van der Waals surface area contributed by atoms with Crippen molar-refractivity contribution in [2.24, 2.45) is 5.73 Å². The molecular weight excluding hydrogens is 286 g/mol. The highest BCUT2D eigenvalue weighted by atomic mass is 35.5. The van der Waals surface area contributed by atoms with Gasteiger partial charge in [-0.15, -0.1) is 0 Å². The number of rotatable bonds is 4. The van der Waals surface area contributed by atoms with Crippen molar-refractivity contribution in [3.63, 3.8) is 0 Å². The smallest absolute Gasteiger partial charge is 0.319 e. The highest BCUT2D eigenvalue weighted by molar-refractivity contribution is 6.30. The predicted molar refractivity (Wildman–Crippen MR) is 86.4 cm³/mol. The van der Waals surface area contributed by atoms with E-state index in [-0.39, 0.29) is 12.1 Å². The monoisotopic (exact) mass is 303 g/mol. The van der Waals surface area contributed by atoms with Gasteiger partial charge >= 0.3 is 6.03 Å². The molecule has 0 aliphatic carbocycles. The van der Waals surface area contributed by atoms with Crippen LogP contribution >= 0.6 is 11.6 Å². The number of nitrogens with two attached hydrogens (primary N) is 1. The number of anilines is 1. The summed E-state index contributed by atoms with van der Waals surface area (Å²) >= 11 is 5.81. The summed E-state index contributed by atoms with van der Waals surface area (Å²) in [5.74, 6) is 0. The van der Waals surface area contributed by atoms with Gasteiger partial charge in [0.15, 0.2) is 0 Å². The molecule has 0 bridgehead atoms. The lowest BCUT2D eigenvalue weighted by Crippen LogP contribution is -2.28. The third-order valence-electron chi connectivity index (χ3n) is 3.06. The third-order valence-corrected chi connectivity index (χ3v) is 3.31. The minimum absolute atomic E-state index is 0.0159.